The Kier molecular flexibility index (Phi) is 5.54. The van der Waals surface area contributed by atoms with Crippen molar-refractivity contribution in [3.8, 4) is 0 Å². The molecule has 0 amide bonds. The number of nitrogens with one attached hydrogen (secondary N) is 1. The Morgan fingerprint density at radius 1 is 1.05 bits per heavy atom. The van der Waals surface area contributed by atoms with Gasteiger partial charge in [0.1, 0.15) is 0 Å². The van der Waals surface area contributed by atoms with Gasteiger partial charge in [0.25, 0.3) is 0 Å². The molecular formula is C17H34N4. The average Bonchev–Trinajstić information content (AvgIpc) is 3.02. The van der Waals surface area contributed by atoms with Gasteiger partial charge in [0.2, 0.25) is 0 Å². The Hall–Kier alpha value is -0.160. The Balaban J connectivity index is 1.53. The topological polar surface area (TPSA) is 21.8 Å². The average molecular weight is 294 g/mol. The molecule has 0 spiro atoms. The summed E-state index contributed by atoms with van der Waals surface area (Å²) in [5.41, 5.74) is 0. The van der Waals surface area contributed by atoms with Crippen molar-refractivity contribution in [3.05, 3.63) is 0 Å². The van der Waals surface area contributed by atoms with Crippen LogP contribution in [0.15, 0.2) is 0 Å². The first-order chi connectivity index (χ1) is 10.2. The van der Waals surface area contributed by atoms with E-state index in [2.05, 4.69) is 34.1 Å². The highest BCUT2D eigenvalue weighted by Gasteiger charge is 2.33. The lowest BCUT2D eigenvalue weighted by Crippen LogP contribution is -2.54. The molecule has 0 aromatic carbocycles. The van der Waals surface area contributed by atoms with Gasteiger partial charge >= 0.3 is 0 Å². The smallest absolute Gasteiger partial charge is 0.0261 e. The molecule has 3 rings (SSSR count). The van der Waals surface area contributed by atoms with Gasteiger partial charge in [-0.05, 0) is 84.8 Å². The summed E-state index contributed by atoms with van der Waals surface area (Å²) in [6, 6.07) is 1.60. The molecule has 4 heteroatoms. The van der Waals surface area contributed by atoms with Crippen LogP contribution in [0.4, 0.5) is 0 Å². The molecule has 0 aliphatic carbocycles. The molecule has 21 heavy (non-hydrogen) atoms. The SMILES string of the molecule is CN1CCC(N(C)CC2CCNCC2N2CCCC2)CC1. The van der Waals surface area contributed by atoms with Crippen molar-refractivity contribution in [2.45, 2.75) is 44.2 Å². The highest BCUT2D eigenvalue weighted by molar-refractivity contribution is 4.90. The third-order valence-corrected chi connectivity index (χ3v) is 6.03. The van der Waals surface area contributed by atoms with Gasteiger partial charge in [-0.2, -0.15) is 0 Å². The Morgan fingerprint density at radius 2 is 1.76 bits per heavy atom. The number of hydrogen-bond acceptors (Lipinski definition) is 4. The molecule has 2 unspecified atom stereocenters. The van der Waals surface area contributed by atoms with Gasteiger partial charge in [-0.15, -0.1) is 0 Å². The van der Waals surface area contributed by atoms with E-state index in [1.807, 2.05) is 0 Å². The normalized spacial score (nSPS) is 33.9. The molecule has 122 valence electrons. The van der Waals surface area contributed by atoms with Crippen LogP contribution >= 0.6 is 0 Å². The molecule has 2 atom stereocenters. The fourth-order valence-electron chi connectivity index (χ4n) is 4.56. The first-order valence-electron chi connectivity index (χ1n) is 9.07. The molecule has 0 aromatic rings. The van der Waals surface area contributed by atoms with Gasteiger partial charge in [-0.3, -0.25) is 4.90 Å². The molecule has 3 saturated heterocycles. The van der Waals surface area contributed by atoms with E-state index in [9.17, 15) is 0 Å². The van der Waals surface area contributed by atoms with E-state index in [1.54, 1.807) is 0 Å². The molecule has 0 aromatic heterocycles. The number of likely N-dealkylation sites (tertiary alicyclic amines) is 2. The largest absolute Gasteiger partial charge is 0.315 e. The van der Waals surface area contributed by atoms with E-state index >= 15 is 0 Å². The van der Waals surface area contributed by atoms with Crippen LogP contribution in [0.3, 0.4) is 0 Å². The van der Waals surface area contributed by atoms with Gasteiger partial charge in [0.05, 0.1) is 0 Å². The van der Waals surface area contributed by atoms with Crippen molar-refractivity contribution in [2.24, 2.45) is 5.92 Å². The van der Waals surface area contributed by atoms with Crippen molar-refractivity contribution in [3.63, 3.8) is 0 Å². The van der Waals surface area contributed by atoms with Crippen LogP contribution in [0, 0.1) is 5.92 Å². The number of hydrogen-bond donors (Lipinski definition) is 1. The van der Waals surface area contributed by atoms with Crippen LogP contribution in [0.25, 0.3) is 0 Å². The minimum atomic E-state index is 0.787. The zero-order chi connectivity index (χ0) is 14.7. The van der Waals surface area contributed by atoms with Gasteiger partial charge in [0, 0.05) is 25.2 Å². The van der Waals surface area contributed by atoms with Crippen molar-refractivity contribution < 1.29 is 0 Å². The lowest BCUT2D eigenvalue weighted by Gasteiger charge is -2.42. The summed E-state index contributed by atoms with van der Waals surface area (Å²) in [7, 11) is 4.63. The van der Waals surface area contributed by atoms with Gasteiger partial charge in [-0.25, -0.2) is 0 Å². The van der Waals surface area contributed by atoms with Crippen LogP contribution in [0.2, 0.25) is 0 Å². The number of nitrogens with zero attached hydrogens (tertiary/aromatic N) is 3. The van der Waals surface area contributed by atoms with E-state index in [1.165, 1.54) is 77.9 Å². The van der Waals surface area contributed by atoms with Crippen LogP contribution in [0.1, 0.15) is 32.1 Å². The molecular weight excluding hydrogens is 260 g/mol. The summed E-state index contributed by atoms with van der Waals surface area (Å²) in [6.45, 7) is 8.95. The summed E-state index contributed by atoms with van der Waals surface area (Å²) in [5.74, 6) is 0.869. The van der Waals surface area contributed by atoms with Crippen molar-refractivity contribution in [1.29, 1.82) is 0 Å². The standard InChI is InChI=1S/C17H34N4/c1-19-11-6-16(7-12-19)20(2)14-15-5-8-18-13-17(15)21-9-3-4-10-21/h15-18H,3-14H2,1-2H3. The van der Waals surface area contributed by atoms with Crippen LogP contribution in [0.5, 0.6) is 0 Å². The summed E-state index contributed by atoms with van der Waals surface area (Å²) in [5, 5.41) is 3.63. The fourth-order valence-corrected chi connectivity index (χ4v) is 4.56. The highest BCUT2D eigenvalue weighted by Crippen LogP contribution is 2.25. The molecule has 0 bridgehead atoms. The zero-order valence-electron chi connectivity index (χ0n) is 14.1. The lowest BCUT2D eigenvalue weighted by atomic mass is 9.90. The quantitative estimate of drug-likeness (QED) is 0.838. The van der Waals surface area contributed by atoms with Crippen molar-refractivity contribution in [2.75, 3.05) is 59.9 Å². The maximum Gasteiger partial charge on any atom is 0.0261 e. The van der Waals surface area contributed by atoms with Gasteiger partial charge in [0.15, 0.2) is 0 Å². The van der Waals surface area contributed by atoms with E-state index in [0.717, 1.165) is 18.0 Å². The Bertz CT molecular complexity index is 308. The van der Waals surface area contributed by atoms with Crippen LogP contribution in [-0.2, 0) is 0 Å². The monoisotopic (exact) mass is 294 g/mol. The van der Waals surface area contributed by atoms with Crippen LogP contribution in [-0.4, -0.2) is 86.7 Å². The molecule has 3 aliphatic rings. The van der Waals surface area contributed by atoms with Gasteiger partial charge in [-0.1, -0.05) is 0 Å². The predicted molar refractivity (Wildman–Crippen MR) is 88.7 cm³/mol. The summed E-state index contributed by atoms with van der Waals surface area (Å²) < 4.78 is 0. The predicted octanol–water partition coefficient (Wildman–Crippen LogP) is 1.09. The third kappa shape index (κ3) is 3.98. The Morgan fingerprint density at radius 3 is 2.48 bits per heavy atom. The second kappa shape index (κ2) is 7.40. The van der Waals surface area contributed by atoms with E-state index in [-0.39, 0.29) is 0 Å². The van der Waals surface area contributed by atoms with E-state index in [4.69, 9.17) is 0 Å². The molecule has 3 heterocycles. The molecule has 4 nitrogen and oxygen atoms in total. The van der Waals surface area contributed by atoms with Crippen LogP contribution < -0.4 is 5.32 Å². The zero-order valence-corrected chi connectivity index (χ0v) is 14.1. The van der Waals surface area contributed by atoms with Gasteiger partial charge < -0.3 is 15.1 Å². The minimum Gasteiger partial charge on any atom is -0.315 e. The second-order valence-electron chi connectivity index (χ2n) is 7.54. The van der Waals surface area contributed by atoms with E-state index < -0.39 is 0 Å². The minimum absolute atomic E-state index is 0.787. The molecule has 3 aliphatic heterocycles. The van der Waals surface area contributed by atoms with Crippen molar-refractivity contribution in [1.82, 2.24) is 20.0 Å². The lowest BCUT2D eigenvalue weighted by molar-refractivity contribution is 0.0780. The fraction of sp³-hybridized carbons (Fsp3) is 1.00. The molecule has 1 N–H and O–H groups in total. The summed E-state index contributed by atoms with van der Waals surface area (Å²) in [6.07, 6.45) is 6.89. The molecule has 0 saturated carbocycles. The molecule has 0 radical (unpaired) electrons. The summed E-state index contributed by atoms with van der Waals surface area (Å²) >= 11 is 0. The number of piperidine rings is 2. The maximum absolute atomic E-state index is 3.63. The van der Waals surface area contributed by atoms with Crippen molar-refractivity contribution >= 4 is 0 Å². The maximum atomic E-state index is 3.63. The summed E-state index contributed by atoms with van der Waals surface area (Å²) in [4.78, 5) is 7.92. The van der Waals surface area contributed by atoms with E-state index in [0.29, 0.717) is 0 Å². The molecule has 3 fully saturated rings. The number of rotatable bonds is 4. The Labute approximate surface area is 130 Å². The highest BCUT2D eigenvalue weighted by atomic mass is 15.2. The first kappa shape index (κ1) is 15.7. The first-order valence-corrected chi connectivity index (χ1v) is 9.07. The third-order valence-electron chi connectivity index (χ3n) is 6.03. The second-order valence-corrected chi connectivity index (χ2v) is 7.54.